The number of rotatable bonds is 5. The summed E-state index contributed by atoms with van der Waals surface area (Å²) in [6.45, 7) is 3.51. The van der Waals surface area contributed by atoms with Crippen molar-refractivity contribution < 1.29 is 27.5 Å². The van der Waals surface area contributed by atoms with E-state index in [1.807, 2.05) is 0 Å². The smallest absolute Gasteiger partial charge is 0.392 e. The molecular weight excluding hydrogens is 349 g/mol. The van der Waals surface area contributed by atoms with Crippen LogP contribution in [0.4, 0.5) is 18.9 Å². The maximum Gasteiger partial charge on any atom is 0.392 e. The number of carbonyl (C=O) groups is 2. The SMILES string of the molecule is CC(C)Oc1cc(NC(=O)[C@@H]2CCCC[C@H]2C(F)(F)F)ccc1C(N)=O. The van der Waals surface area contributed by atoms with Gasteiger partial charge < -0.3 is 15.8 Å². The van der Waals surface area contributed by atoms with Crippen LogP contribution in [-0.2, 0) is 4.79 Å². The van der Waals surface area contributed by atoms with Gasteiger partial charge in [0.2, 0.25) is 5.91 Å². The molecule has 0 aliphatic heterocycles. The molecule has 1 saturated carbocycles. The summed E-state index contributed by atoms with van der Waals surface area (Å²) in [7, 11) is 0. The number of nitrogens with one attached hydrogen (secondary N) is 1. The summed E-state index contributed by atoms with van der Waals surface area (Å²) in [5, 5.41) is 2.52. The average molecular weight is 372 g/mol. The monoisotopic (exact) mass is 372 g/mol. The molecule has 8 heteroatoms. The molecule has 5 nitrogen and oxygen atoms in total. The van der Waals surface area contributed by atoms with Gasteiger partial charge in [-0.05, 0) is 38.8 Å². The minimum atomic E-state index is -4.40. The minimum Gasteiger partial charge on any atom is -0.490 e. The van der Waals surface area contributed by atoms with Crippen molar-refractivity contribution in [1.82, 2.24) is 0 Å². The molecule has 3 N–H and O–H groups in total. The number of alkyl halides is 3. The highest BCUT2D eigenvalue weighted by Gasteiger charge is 2.48. The second-order valence-corrected chi connectivity index (χ2v) is 6.77. The average Bonchev–Trinajstić information content (AvgIpc) is 2.53. The fourth-order valence-corrected chi connectivity index (χ4v) is 3.23. The molecule has 1 aliphatic rings. The van der Waals surface area contributed by atoms with Crippen LogP contribution in [0.1, 0.15) is 49.9 Å². The molecule has 1 aromatic rings. The molecule has 0 heterocycles. The Balaban J connectivity index is 2.21. The molecule has 0 bridgehead atoms. The molecule has 0 spiro atoms. The second-order valence-electron chi connectivity index (χ2n) is 6.77. The number of hydrogen-bond donors (Lipinski definition) is 2. The van der Waals surface area contributed by atoms with Gasteiger partial charge in [-0.2, -0.15) is 13.2 Å². The van der Waals surface area contributed by atoms with Gasteiger partial charge in [-0.15, -0.1) is 0 Å². The standard InChI is InChI=1S/C18H23F3N2O3/c1-10(2)26-15-9-11(7-8-13(15)16(22)24)23-17(25)12-5-3-4-6-14(12)18(19,20)21/h7-10,12,14H,3-6H2,1-2H3,(H2,22,24)(H,23,25)/t12-,14-/m1/s1. The first-order valence-electron chi connectivity index (χ1n) is 8.57. The molecule has 0 aromatic heterocycles. The molecular formula is C18H23F3N2O3. The number of primary amides is 1. The van der Waals surface area contributed by atoms with Gasteiger partial charge >= 0.3 is 6.18 Å². The zero-order chi connectivity index (χ0) is 19.5. The number of ether oxygens (including phenoxy) is 1. The molecule has 2 rings (SSSR count). The lowest BCUT2D eigenvalue weighted by Gasteiger charge is -2.32. The van der Waals surface area contributed by atoms with Crippen LogP contribution in [-0.4, -0.2) is 24.1 Å². The number of benzene rings is 1. The van der Waals surface area contributed by atoms with Crippen LogP contribution in [0.25, 0.3) is 0 Å². The number of anilines is 1. The van der Waals surface area contributed by atoms with Gasteiger partial charge in [0, 0.05) is 17.7 Å². The summed E-state index contributed by atoms with van der Waals surface area (Å²) in [6.07, 6.45) is -3.42. The maximum absolute atomic E-state index is 13.2. The summed E-state index contributed by atoms with van der Waals surface area (Å²) in [4.78, 5) is 23.9. The zero-order valence-electron chi connectivity index (χ0n) is 14.7. The molecule has 1 aliphatic carbocycles. The van der Waals surface area contributed by atoms with Crippen LogP contribution in [0.5, 0.6) is 5.75 Å². The second kappa shape index (κ2) is 7.97. The molecule has 26 heavy (non-hydrogen) atoms. The van der Waals surface area contributed by atoms with Crippen molar-refractivity contribution in [3.63, 3.8) is 0 Å². The summed E-state index contributed by atoms with van der Waals surface area (Å²) in [6, 6.07) is 4.22. The van der Waals surface area contributed by atoms with E-state index >= 15 is 0 Å². The highest BCUT2D eigenvalue weighted by Crippen LogP contribution is 2.42. The Labute approximate surface area is 150 Å². The van der Waals surface area contributed by atoms with Crippen LogP contribution in [0.15, 0.2) is 18.2 Å². The molecule has 2 atom stereocenters. The van der Waals surface area contributed by atoms with Gasteiger partial charge in [-0.3, -0.25) is 9.59 Å². The molecule has 0 radical (unpaired) electrons. The van der Waals surface area contributed by atoms with Gasteiger partial charge in [0.05, 0.1) is 17.6 Å². The van der Waals surface area contributed by atoms with E-state index in [1.54, 1.807) is 13.8 Å². The molecule has 1 aromatic carbocycles. The lowest BCUT2D eigenvalue weighted by molar-refractivity contribution is -0.197. The number of amides is 2. The van der Waals surface area contributed by atoms with Crippen molar-refractivity contribution in [3.8, 4) is 5.75 Å². The quantitative estimate of drug-likeness (QED) is 0.823. The van der Waals surface area contributed by atoms with Gasteiger partial charge in [0.25, 0.3) is 5.91 Å². The molecule has 0 saturated heterocycles. The van der Waals surface area contributed by atoms with E-state index in [2.05, 4.69) is 5.32 Å². The Morgan fingerprint density at radius 1 is 1.23 bits per heavy atom. The minimum absolute atomic E-state index is 0.0378. The predicted octanol–water partition coefficient (Wildman–Crippen LogP) is 3.88. The van der Waals surface area contributed by atoms with E-state index in [4.69, 9.17) is 10.5 Å². The van der Waals surface area contributed by atoms with Crippen LogP contribution in [0.3, 0.4) is 0 Å². The predicted molar refractivity (Wildman–Crippen MR) is 90.9 cm³/mol. The fraction of sp³-hybridized carbons (Fsp3) is 0.556. The summed E-state index contributed by atoms with van der Waals surface area (Å²) in [5.41, 5.74) is 5.70. The highest BCUT2D eigenvalue weighted by molar-refractivity contribution is 5.98. The fourth-order valence-electron chi connectivity index (χ4n) is 3.23. The summed E-state index contributed by atoms with van der Waals surface area (Å²) >= 11 is 0. The first-order valence-corrected chi connectivity index (χ1v) is 8.57. The first kappa shape index (κ1) is 20.1. The molecule has 144 valence electrons. The third kappa shape index (κ3) is 4.89. The Morgan fingerprint density at radius 3 is 2.46 bits per heavy atom. The lowest BCUT2D eigenvalue weighted by atomic mass is 9.78. The number of halogens is 3. The number of carbonyl (C=O) groups excluding carboxylic acids is 2. The van der Waals surface area contributed by atoms with E-state index < -0.39 is 29.8 Å². The van der Waals surface area contributed by atoms with Crippen LogP contribution < -0.4 is 15.8 Å². The Hall–Kier alpha value is -2.25. The van der Waals surface area contributed by atoms with Crippen molar-refractivity contribution in [2.45, 2.75) is 51.8 Å². The van der Waals surface area contributed by atoms with Gasteiger partial charge in [-0.1, -0.05) is 12.8 Å². The summed E-state index contributed by atoms with van der Waals surface area (Å²) < 4.78 is 45.1. The normalized spacial score (nSPS) is 20.7. The van der Waals surface area contributed by atoms with E-state index in [0.29, 0.717) is 12.8 Å². The van der Waals surface area contributed by atoms with Gasteiger partial charge in [-0.25, -0.2) is 0 Å². The Morgan fingerprint density at radius 2 is 1.88 bits per heavy atom. The summed E-state index contributed by atoms with van der Waals surface area (Å²) in [5.74, 6) is -3.93. The van der Waals surface area contributed by atoms with Crippen molar-refractivity contribution in [2.75, 3.05) is 5.32 Å². The van der Waals surface area contributed by atoms with Crippen molar-refractivity contribution in [2.24, 2.45) is 17.6 Å². The lowest BCUT2D eigenvalue weighted by Crippen LogP contribution is -2.39. The third-order valence-corrected chi connectivity index (χ3v) is 4.40. The van der Waals surface area contributed by atoms with E-state index in [9.17, 15) is 22.8 Å². The van der Waals surface area contributed by atoms with Crippen molar-refractivity contribution in [1.29, 1.82) is 0 Å². The van der Waals surface area contributed by atoms with E-state index in [0.717, 1.165) is 0 Å². The van der Waals surface area contributed by atoms with E-state index in [-0.39, 0.29) is 35.9 Å². The Bertz CT molecular complexity index is 674. The topological polar surface area (TPSA) is 81.4 Å². The molecule has 0 unspecified atom stereocenters. The maximum atomic E-state index is 13.2. The van der Waals surface area contributed by atoms with Gasteiger partial charge in [0.15, 0.2) is 0 Å². The number of hydrogen-bond acceptors (Lipinski definition) is 3. The Kier molecular flexibility index (Phi) is 6.15. The zero-order valence-corrected chi connectivity index (χ0v) is 14.7. The highest BCUT2D eigenvalue weighted by atomic mass is 19.4. The molecule has 1 fully saturated rings. The first-order chi connectivity index (χ1) is 12.1. The number of nitrogens with two attached hydrogens (primary N) is 1. The van der Waals surface area contributed by atoms with Crippen LogP contribution >= 0.6 is 0 Å². The van der Waals surface area contributed by atoms with Gasteiger partial charge in [0.1, 0.15) is 5.75 Å². The third-order valence-electron chi connectivity index (χ3n) is 4.40. The van der Waals surface area contributed by atoms with Crippen LogP contribution in [0.2, 0.25) is 0 Å². The van der Waals surface area contributed by atoms with Crippen LogP contribution in [0, 0.1) is 11.8 Å². The van der Waals surface area contributed by atoms with Crippen molar-refractivity contribution in [3.05, 3.63) is 23.8 Å². The largest absolute Gasteiger partial charge is 0.490 e. The van der Waals surface area contributed by atoms with Crippen molar-refractivity contribution >= 4 is 17.5 Å². The van der Waals surface area contributed by atoms with E-state index in [1.165, 1.54) is 18.2 Å². The molecule has 2 amide bonds.